The van der Waals surface area contributed by atoms with Gasteiger partial charge < -0.3 is 5.32 Å². The summed E-state index contributed by atoms with van der Waals surface area (Å²) < 4.78 is 0. The van der Waals surface area contributed by atoms with Crippen molar-refractivity contribution in [2.45, 2.75) is 57.5 Å². The molecule has 0 radical (unpaired) electrons. The van der Waals surface area contributed by atoms with E-state index in [1.54, 1.807) is 0 Å². The van der Waals surface area contributed by atoms with Crippen LogP contribution in [0.5, 0.6) is 0 Å². The highest BCUT2D eigenvalue weighted by molar-refractivity contribution is 5.26. The lowest BCUT2D eigenvalue weighted by Crippen LogP contribution is -2.35. The normalized spacial score (nSPS) is 27.5. The number of aryl methyl sites for hydroxylation is 1. The van der Waals surface area contributed by atoms with Gasteiger partial charge in [-0.05, 0) is 62.7 Å². The summed E-state index contributed by atoms with van der Waals surface area (Å²) in [5.41, 5.74) is 2.96. The maximum atomic E-state index is 3.77. The third-order valence-corrected chi connectivity index (χ3v) is 5.23. The lowest BCUT2D eigenvalue weighted by Gasteiger charge is -2.33. The first-order valence-electron chi connectivity index (χ1n) is 8.80. The van der Waals surface area contributed by atoms with E-state index in [-0.39, 0.29) is 0 Å². The summed E-state index contributed by atoms with van der Waals surface area (Å²) in [6.07, 6.45) is 8.00. The van der Waals surface area contributed by atoms with Gasteiger partial charge in [0.25, 0.3) is 0 Å². The van der Waals surface area contributed by atoms with Crippen molar-refractivity contribution in [2.24, 2.45) is 5.92 Å². The highest BCUT2D eigenvalue weighted by Gasteiger charge is 2.30. The lowest BCUT2D eigenvalue weighted by atomic mass is 9.88. The molecule has 3 rings (SSSR count). The standard InChI is InChI=1S/C19H30N2/c1-3-15-7-9-16(10-8-15)19-17(14-20-18-11-12-18)6-4-5-13-21(19)2/h7-10,17-20H,3-6,11-14H2,1-2H3. The first-order chi connectivity index (χ1) is 10.3. The molecule has 0 bridgehead atoms. The molecule has 0 spiro atoms. The van der Waals surface area contributed by atoms with Crippen LogP contribution in [0.3, 0.4) is 0 Å². The van der Waals surface area contributed by atoms with E-state index < -0.39 is 0 Å². The van der Waals surface area contributed by atoms with Gasteiger partial charge in [0.05, 0.1) is 0 Å². The van der Waals surface area contributed by atoms with Crippen LogP contribution < -0.4 is 5.32 Å². The average Bonchev–Trinajstić information content (AvgIpc) is 3.33. The minimum atomic E-state index is 0.588. The Hall–Kier alpha value is -0.860. The molecule has 1 saturated heterocycles. The molecule has 2 unspecified atom stereocenters. The van der Waals surface area contributed by atoms with Crippen molar-refractivity contribution in [3.05, 3.63) is 35.4 Å². The predicted molar refractivity (Wildman–Crippen MR) is 89.6 cm³/mol. The molecule has 1 heterocycles. The Morgan fingerprint density at radius 3 is 2.52 bits per heavy atom. The lowest BCUT2D eigenvalue weighted by molar-refractivity contribution is 0.189. The number of hydrogen-bond donors (Lipinski definition) is 1. The van der Waals surface area contributed by atoms with E-state index in [0.29, 0.717) is 6.04 Å². The zero-order valence-corrected chi connectivity index (χ0v) is 13.6. The highest BCUT2D eigenvalue weighted by Crippen LogP contribution is 2.34. The summed E-state index contributed by atoms with van der Waals surface area (Å²) in [6, 6.07) is 10.8. The number of nitrogens with one attached hydrogen (secondary N) is 1. The third kappa shape index (κ3) is 3.87. The SMILES string of the molecule is CCc1ccc(C2C(CNC3CC3)CCCCN2C)cc1. The minimum absolute atomic E-state index is 0.588. The van der Waals surface area contributed by atoms with Crippen LogP contribution in [0.15, 0.2) is 24.3 Å². The smallest absolute Gasteiger partial charge is 0.0385 e. The van der Waals surface area contributed by atoms with E-state index in [4.69, 9.17) is 0 Å². The number of rotatable bonds is 5. The number of nitrogens with zero attached hydrogens (tertiary/aromatic N) is 1. The molecule has 2 aliphatic rings. The van der Waals surface area contributed by atoms with Crippen molar-refractivity contribution in [1.29, 1.82) is 0 Å². The average molecular weight is 286 g/mol. The molecule has 0 amide bonds. The summed E-state index contributed by atoms with van der Waals surface area (Å²) in [5.74, 6) is 0.755. The second-order valence-corrected chi connectivity index (χ2v) is 6.96. The van der Waals surface area contributed by atoms with Crippen molar-refractivity contribution < 1.29 is 0 Å². The Balaban J connectivity index is 1.76. The van der Waals surface area contributed by atoms with Crippen LogP contribution in [0.25, 0.3) is 0 Å². The largest absolute Gasteiger partial charge is 0.314 e. The van der Waals surface area contributed by atoms with Gasteiger partial charge in [-0.15, -0.1) is 0 Å². The van der Waals surface area contributed by atoms with Gasteiger partial charge in [-0.3, -0.25) is 4.90 Å². The fraction of sp³-hybridized carbons (Fsp3) is 0.684. The van der Waals surface area contributed by atoms with Gasteiger partial charge in [0.15, 0.2) is 0 Å². The Morgan fingerprint density at radius 1 is 1.10 bits per heavy atom. The predicted octanol–water partition coefficient (Wildman–Crippen LogP) is 3.77. The Morgan fingerprint density at radius 2 is 1.86 bits per heavy atom. The molecule has 1 N–H and O–H groups in total. The van der Waals surface area contributed by atoms with E-state index >= 15 is 0 Å². The molecule has 1 aromatic rings. The third-order valence-electron chi connectivity index (χ3n) is 5.23. The van der Waals surface area contributed by atoms with Crippen LogP contribution in [0, 0.1) is 5.92 Å². The van der Waals surface area contributed by atoms with Crippen LogP contribution in [0.2, 0.25) is 0 Å². The summed E-state index contributed by atoms with van der Waals surface area (Å²) in [7, 11) is 2.31. The Labute approximate surface area is 129 Å². The summed E-state index contributed by atoms with van der Waals surface area (Å²) >= 11 is 0. The van der Waals surface area contributed by atoms with Gasteiger partial charge in [-0.25, -0.2) is 0 Å². The summed E-state index contributed by atoms with van der Waals surface area (Å²) in [5, 5.41) is 3.77. The first kappa shape index (κ1) is 15.1. The topological polar surface area (TPSA) is 15.3 Å². The van der Waals surface area contributed by atoms with E-state index in [0.717, 1.165) is 18.4 Å². The second-order valence-electron chi connectivity index (χ2n) is 6.96. The van der Waals surface area contributed by atoms with Gasteiger partial charge in [-0.1, -0.05) is 37.6 Å². The molecular weight excluding hydrogens is 256 g/mol. The van der Waals surface area contributed by atoms with Crippen LogP contribution in [-0.4, -0.2) is 31.1 Å². The van der Waals surface area contributed by atoms with E-state index in [1.807, 2.05) is 0 Å². The van der Waals surface area contributed by atoms with Crippen molar-refractivity contribution in [3.63, 3.8) is 0 Å². The summed E-state index contributed by atoms with van der Waals surface area (Å²) in [6.45, 7) is 4.66. The van der Waals surface area contributed by atoms with Gasteiger partial charge in [0, 0.05) is 18.6 Å². The molecule has 2 nitrogen and oxygen atoms in total. The molecule has 2 fully saturated rings. The van der Waals surface area contributed by atoms with E-state index in [1.165, 1.54) is 56.3 Å². The highest BCUT2D eigenvalue weighted by atomic mass is 15.1. The first-order valence-corrected chi connectivity index (χ1v) is 8.80. The van der Waals surface area contributed by atoms with Crippen LogP contribution in [0.1, 0.15) is 56.2 Å². The maximum absolute atomic E-state index is 3.77. The Kier molecular flexibility index (Phi) is 4.97. The fourth-order valence-corrected chi connectivity index (χ4v) is 3.72. The zero-order chi connectivity index (χ0) is 14.7. The van der Waals surface area contributed by atoms with Crippen molar-refractivity contribution in [3.8, 4) is 0 Å². The zero-order valence-electron chi connectivity index (χ0n) is 13.6. The number of likely N-dealkylation sites (tertiary alicyclic amines) is 1. The van der Waals surface area contributed by atoms with Crippen LogP contribution in [-0.2, 0) is 6.42 Å². The second kappa shape index (κ2) is 6.93. The van der Waals surface area contributed by atoms with Crippen LogP contribution >= 0.6 is 0 Å². The molecule has 1 aromatic carbocycles. The Bertz CT molecular complexity index is 435. The molecule has 21 heavy (non-hydrogen) atoms. The molecule has 1 saturated carbocycles. The molecule has 0 aromatic heterocycles. The van der Waals surface area contributed by atoms with Gasteiger partial charge in [0.1, 0.15) is 0 Å². The van der Waals surface area contributed by atoms with Gasteiger partial charge >= 0.3 is 0 Å². The molecule has 1 aliphatic carbocycles. The number of hydrogen-bond acceptors (Lipinski definition) is 2. The van der Waals surface area contributed by atoms with Gasteiger partial charge in [-0.2, -0.15) is 0 Å². The van der Waals surface area contributed by atoms with Crippen molar-refractivity contribution in [1.82, 2.24) is 10.2 Å². The minimum Gasteiger partial charge on any atom is -0.314 e. The van der Waals surface area contributed by atoms with E-state index in [9.17, 15) is 0 Å². The fourth-order valence-electron chi connectivity index (χ4n) is 3.72. The quantitative estimate of drug-likeness (QED) is 0.886. The number of benzene rings is 1. The summed E-state index contributed by atoms with van der Waals surface area (Å²) in [4.78, 5) is 2.59. The van der Waals surface area contributed by atoms with Crippen LogP contribution in [0.4, 0.5) is 0 Å². The molecular formula is C19H30N2. The maximum Gasteiger partial charge on any atom is 0.0385 e. The van der Waals surface area contributed by atoms with Gasteiger partial charge in [0.2, 0.25) is 0 Å². The molecule has 2 atom stereocenters. The molecule has 2 heteroatoms. The van der Waals surface area contributed by atoms with E-state index in [2.05, 4.69) is 48.5 Å². The monoisotopic (exact) mass is 286 g/mol. The van der Waals surface area contributed by atoms with Crippen molar-refractivity contribution >= 4 is 0 Å². The van der Waals surface area contributed by atoms with Crippen molar-refractivity contribution in [2.75, 3.05) is 20.1 Å². The molecule has 1 aliphatic heterocycles. The molecule has 116 valence electrons.